The standard InChI is InChI=1S/C16H23N3O2/c1-4-16(5-2)18(10-11-19(16)17)12-15(20)13-6-8-14(21-3)9-7-13/h6-11H,4-5,12,17H2,1-3H3. The second kappa shape index (κ2) is 6.18. The van der Waals surface area contributed by atoms with Crippen LogP contribution in [-0.4, -0.2) is 35.0 Å². The van der Waals surface area contributed by atoms with Gasteiger partial charge in [0, 0.05) is 18.0 Å². The Morgan fingerprint density at radius 1 is 1.19 bits per heavy atom. The molecule has 114 valence electrons. The van der Waals surface area contributed by atoms with E-state index in [1.54, 1.807) is 36.4 Å². The Morgan fingerprint density at radius 2 is 1.81 bits per heavy atom. The fourth-order valence-corrected chi connectivity index (χ4v) is 2.82. The molecule has 2 rings (SSSR count). The van der Waals surface area contributed by atoms with E-state index in [0.29, 0.717) is 12.1 Å². The number of hydrazine groups is 1. The van der Waals surface area contributed by atoms with Crippen LogP contribution in [0.15, 0.2) is 36.7 Å². The van der Waals surface area contributed by atoms with E-state index in [0.717, 1.165) is 18.6 Å². The Morgan fingerprint density at radius 3 is 2.33 bits per heavy atom. The molecule has 0 spiro atoms. The molecule has 0 unspecified atom stereocenters. The van der Waals surface area contributed by atoms with Gasteiger partial charge in [-0.3, -0.25) is 9.80 Å². The van der Waals surface area contributed by atoms with Crippen molar-refractivity contribution in [3.8, 4) is 5.75 Å². The zero-order valence-corrected chi connectivity index (χ0v) is 12.9. The van der Waals surface area contributed by atoms with E-state index >= 15 is 0 Å². The molecule has 5 heteroatoms. The zero-order valence-electron chi connectivity index (χ0n) is 12.9. The lowest BCUT2D eigenvalue weighted by Crippen LogP contribution is -2.56. The van der Waals surface area contributed by atoms with Crippen LogP contribution in [0, 0.1) is 0 Å². The summed E-state index contributed by atoms with van der Waals surface area (Å²) in [5, 5.41) is 1.70. The number of nitrogens with zero attached hydrogens (tertiary/aromatic N) is 2. The number of carbonyl (C=O) groups excluding carboxylic acids is 1. The van der Waals surface area contributed by atoms with E-state index in [2.05, 4.69) is 13.8 Å². The maximum atomic E-state index is 12.5. The van der Waals surface area contributed by atoms with E-state index in [9.17, 15) is 4.79 Å². The lowest BCUT2D eigenvalue weighted by Gasteiger charge is -2.42. The molecule has 0 radical (unpaired) electrons. The summed E-state index contributed by atoms with van der Waals surface area (Å²) in [6, 6.07) is 7.19. The summed E-state index contributed by atoms with van der Waals surface area (Å²) in [6.45, 7) is 4.49. The minimum atomic E-state index is -0.303. The summed E-state index contributed by atoms with van der Waals surface area (Å²) in [5.41, 5.74) is 0.378. The van der Waals surface area contributed by atoms with Crippen molar-refractivity contribution in [3.63, 3.8) is 0 Å². The van der Waals surface area contributed by atoms with Crippen LogP contribution in [0.4, 0.5) is 0 Å². The maximum Gasteiger partial charge on any atom is 0.182 e. The maximum absolute atomic E-state index is 12.5. The Hall–Kier alpha value is -2.01. The number of Topliss-reactive ketones (excluding diaryl/α,β-unsaturated/α-hetero) is 1. The van der Waals surface area contributed by atoms with Crippen molar-refractivity contribution in [1.82, 2.24) is 9.91 Å². The summed E-state index contributed by atoms with van der Waals surface area (Å²) >= 11 is 0. The van der Waals surface area contributed by atoms with Crippen LogP contribution >= 0.6 is 0 Å². The molecule has 1 aliphatic heterocycles. The Labute approximate surface area is 125 Å². The number of hydrogen-bond acceptors (Lipinski definition) is 5. The van der Waals surface area contributed by atoms with Gasteiger partial charge >= 0.3 is 0 Å². The van der Waals surface area contributed by atoms with Gasteiger partial charge in [-0.2, -0.15) is 0 Å². The first-order valence-electron chi connectivity index (χ1n) is 7.23. The number of benzene rings is 1. The van der Waals surface area contributed by atoms with Gasteiger partial charge in [-0.05, 0) is 37.1 Å². The highest BCUT2D eigenvalue weighted by Gasteiger charge is 2.39. The second-order valence-corrected chi connectivity index (χ2v) is 5.17. The van der Waals surface area contributed by atoms with Crippen LogP contribution in [0.5, 0.6) is 5.75 Å². The first-order valence-corrected chi connectivity index (χ1v) is 7.23. The smallest absolute Gasteiger partial charge is 0.182 e. The average molecular weight is 289 g/mol. The van der Waals surface area contributed by atoms with Crippen molar-refractivity contribution in [2.75, 3.05) is 13.7 Å². The van der Waals surface area contributed by atoms with Crippen LogP contribution in [0.3, 0.4) is 0 Å². The molecular weight excluding hydrogens is 266 g/mol. The lowest BCUT2D eigenvalue weighted by atomic mass is 10.0. The minimum absolute atomic E-state index is 0.0730. The van der Waals surface area contributed by atoms with E-state index in [1.165, 1.54) is 0 Å². The second-order valence-electron chi connectivity index (χ2n) is 5.17. The van der Waals surface area contributed by atoms with E-state index < -0.39 is 0 Å². The van der Waals surface area contributed by atoms with Gasteiger partial charge < -0.3 is 9.64 Å². The van der Waals surface area contributed by atoms with Crippen LogP contribution in [0.25, 0.3) is 0 Å². The topological polar surface area (TPSA) is 58.8 Å². The fraction of sp³-hybridized carbons (Fsp3) is 0.438. The summed E-state index contributed by atoms with van der Waals surface area (Å²) in [4.78, 5) is 14.5. The number of ketones is 1. The molecule has 0 saturated heterocycles. The molecule has 2 N–H and O–H groups in total. The monoisotopic (exact) mass is 289 g/mol. The molecule has 1 aromatic carbocycles. The quantitative estimate of drug-likeness (QED) is 0.643. The van der Waals surface area contributed by atoms with Crippen molar-refractivity contribution < 1.29 is 9.53 Å². The largest absolute Gasteiger partial charge is 0.497 e. The van der Waals surface area contributed by atoms with Crippen molar-refractivity contribution in [1.29, 1.82) is 0 Å². The summed E-state index contributed by atoms with van der Waals surface area (Å²) in [5.74, 6) is 6.88. The Balaban J connectivity index is 2.13. The van der Waals surface area contributed by atoms with Crippen LogP contribution in [0.1, 0.15) is 37.0 Å². The highest BCUT2D eigenvalue weighted by Crippen LogP contribution is 2.31. The molecule has 0 aliphatic carbocycles. The molecule has 0 atom stereocenters. The molecule has 0 amide bonds. The molecule has 1 aliphatic rings. The fourth-order valence-electron chi connectivity index (χ4n) is 2.82. The summed E-state index contributed by atoms with van der Waals surface area (Å²) in [7, 11) is 1.61. The van der Waals surface area contributed by atoms with Crippen molar-refractivity contribution in [2.24, 2.45) is 5.84 Å². The predicted molar refractivity (Wildman–Crippen MR) is 82.5 cm³/mol. The van der Waals surface area contributed by atoms with Crippen molar-refractivity contribution in [3.05, 3.63) is 42.2 Å². The van der Waals surface area contributed by atoms with Crippen LogP contribution in [0.2, 0.25) is 0 Å². The van der Waals surface area contributed by atoms with Gasteiger partial charge in [0.15, 0.2) is 5.78 Å². The van der Waals surface area contributed by atoms with Gasteiger partial charge in [0.05, 0.1) is 13.7 Å². The summed E-state index contributed by atoms with van der Waals surface area (Å²) in [6.07, 6.45) is 5.43. The predicted octanol–water partition coefficient (Wildman–Crippen LogP) is 2.36. The highest BCUT2D eigenvalue weighted by molar-refractivity contribution is 5.97. The molecule has 0 bridgehead atoms. The number of carbonyl (C=O) groups is 1. The lowest BCUT2D eigenvalue weighted by molar-refractivity contribution is 0.0191. The highest BCUT2D eigenvalue weighted by atomic mass is 16.5. The van der Waals surface area contributed by atoms with Gasteiger partial charge in [0.2, 0.25) is 0 Å². The van der Waals surface area contributed by atoms with Crippen molar-refractivity contribution in [2.45, 2.75) is 32.4 Å². The SMILES string of the molecule is CCC1(CC)N(N)C=CN1CC(=O)c1ccc(OC)cc1. The molecule has 1 heterocycles. The van der Waals surface area contributed by atoms with Gasteiger partial charge in [-0.15, -0.1) is 0 Å². The third-order valence-corrected chi connectivity index (χ3v) is 4.28. The molecular formula is C16H23N3O2. The third-order valence-electron chi connectivity index (χ3n) is 4.28. The number of hydrogen-bond donors (Lipinski definition) is 1. The van der Waals surface area contributed by atoms with E-state index in [4.69, 9.17) is 10.6 Å². The Bertz CT molecular complexity index is 521. The number of methoxy groups -OCH3 is 1. The third kappa shape index (κ3) is 2.74. The van der Waals surface area contributed by atoms with Gasteiger partial charge in [-0.25, -0.2) is 5.84 Å². The zero-order chi connectivity index (χ0) is 15.5. The number of rotatable bonds is 6. The molecule has 1 aromatic rings. The summed E-state index contributed by atoms with van der Waals surface area (Å²) < 4.78 is 5.11. The first-order chi connectivity index (χ1) is 10.1. The van der Waals surface area contributed by atoms with Gasteiger partial charge in [0.25, 0.3) is 0 Å². The molecule has 0 aromatic heterocycles. The van der Waals surface area contributed by atoms with E-state index in [-0.39, 0.29) is 11.4 Å². The molecule has 21 heavy (non-hydrogen) atoms. The number of nitrogens with two attached hydrogens (primary N) is 1. The van der Waals surface area contributed by atoms with Crippen molar-refractivity contribution >= 4 is 5.78 Å². The molecule has 0 saturated carbocycles. The van der Waals surface area contributed by atoms with Crippen LogP contribution < -0.4 is 10.6 Å². The van der Waals surface area contributed by atoms with E-state index in [1.807, 2.05) is 17.3 Å². The molecule has 0 fully saturated rings. The van der Waals surface area contributed by atoms with Gasteiger partial charge in [0.1, 0.15) is 11.4 Å². The Kier molecular flexibility index (Phi) is 4.53. The minimum Gasteiger partial charge on any atom is -0.497 e. The van der Waals surface area contributed by atoms with Gasteiger partial charge in [-0.1, -0.05) is 13.8 Å². The molecule has 5 nitrogen and oxygen atoms in total. The average Bonchev–Trinajstić information content (AvgIpc) is 2.83. The normalized spacial score (nSPS) is 16.4. The van der Waals surface area contributed by atoms with Crippen LogP contribution in [-0.2, 0) is 0 Å². The first kappa shape index (κ1) is 15.4. The number of ether oxygens (including phenoxy) is 1.